The average molecular weight is 613 g/mol. The maximum Gasteiger partial charge on any atom is 0.271 e. The summed E-state index contributed by atoms with van der Waals surface area (Å²) >= 11 is 0. The Morgan fingerprint density at radius 1 is 1.05 bits per heavy atom. The molecule has 0 atom stereocenters. The Hall–Kier alpha value is -4.17. The van der Waals surface area contributed by atoms with Crippen LogP contribution >= 0.6 is 0 Å². The number of carbonyl (C=O) groups excluding carboxylic acids is 3. The number of benzene rings is 1. The highest BCUT2D eigenvalue weighted by molar-refractivity contribution is 5.96. The predicted octanol–water partition coefficient (Wildman–Crippen LogP) is 2.59. The predicted molar refractivity (Wildman–Crippen MR) is 165 cm³/mol. The first-order valence-corrected chi connectivity index (χ1v) is 15.3. The number of carbonyl (C=O) groups is 3. The van der Waals surface area contributed by atoms with Crippen LogP contribution in [0.3, 0.4) is 0 Å². The van der Waals surface area contributed by atoms with Gasteiger partial charge in [-0.15, -0.1) is 0 Å². The number of amides is 3. The second-order valence-electron chi connectivity index (χ2n) is 10.9. The van der Waals surface area contributed by atoms with E-state index in [4.69, 9.17) is 25.4 Å². The normalized spacial score (nSPS) is 15.5. The second-order valence-corrected chi connectivity index (χ2v) is 10.9. The van der Waals surface area contributed by atoms with E-state index in [9.17, 15) is 14.4 Å². The van der Waals surface area contributed by atoms with Crippen molar-refractivity contribution in [1.29, 1.82) is 0 Å². The van der Waals surface area contributed by atoms with E-state index >= 15 is 0 Å². The van der Waals surface area contributed by atoms with Crippen molar-refractivity contribution in [2.75, 3.05) is 62.0 Å². The molecule has 14 heteroatoms. The van der Waals surface area contributed by atoms with Crippen molar-refractivity contribution < 1.29 is 29.1 Å². The molecule has 2 fully saturated rings. The molecule has 4 rings (SSSR count). The highest BCUT2D eigenvalue weighted by Gasteiger charge is 2.24. The minimum atomic E-state index is -0.669. The summed E-state index contributed by atoms with van der Waals surface area (Å²) < 4.78 is 11.2. The molecule has 0 aliphatic carbocycles. The van der Waals surface area contributed by atoms with Gasteiger partial charge in [-0.05, 0) is 44.2 Å². The van der Waals surface area contributed by atoms with Crippen molar-refractivity contribution in [2.24, 2.45) is 5.73 Å². The van der Waals surface area contributed by atoms with Crippen molar-refractivity contribution in [3.05, 3.63) is 29.6 Å². The van der Waals surface area contributed by atoms with Gasteiger partial charge in [0.15, 0.2) is 17.3 Å². The number of primary amides is 1. The van der Waals surface area contributed by atoms with Gasteiger partial charge in [-0.25, -0.2) is 15.4 Å². The van der Waals surface area contributed by atoms with E-state index in [1.807, 2.05) is 30.0 Å². The molecule has 1 aromatic heterocycles. The molecule has 2 aliphatic heterocycles. The first-order valence-electron chi connectivity index (χ1n) is 15.3. The van der Waals surface area contributed by atoms with Gasteiger partial charge in [0.1, 0.15) is 5.75 Å². The second kappa shape index (κ2) is 16.1. The minimum Gasteiger partial charge on any atom is -0.495 e. The third-order valence-electron chi connectivity index (χ3n) is 7.93. The summed E-state index contributed by atoms with van der Waals surface area (Å²) in [5, 5.41) is 15.3. The summed E-state index contributed by atoms with van der Waals surface area (Å²) in [5.74, 6) is 0.557. The lowest BCUT2D eigenvalue weighted by Gasteiger charge is -2.36. The molecule has 2 aliphatic rings. The summed E-state index contributed by atoms with van der Waals surface area (Å²) in [4.78, 5) is 49.5. The number of hydrogen-bond donors (Lipinski definition) is 5. The maximum absolute atomic E-state index is 12.7. The van der Waals surface area contributed by atoms with E-state index in [1.54, 1.807) is 12.6 Å². The summed E-state index contributed by atoms with van der Waals surface area (Å²) in [6.07, 6.45) is 5.08. The fourth-order valence-corrected chi connectivity index (χ4v) is 5.43. The van der Waals surface area contributed by atoms with Crippen LogP contribution in [-0.2, 0) is 20.7 Å². The molecule has 3 amide bonds. The van der Waals surface area contributed by atoms with Gasteiger partial charge in [-0.1, -0.05) is 13.3 Å². The van der Waals surface area contributed by atoms with Gasteiger partial charge < -0.3 is 35.6 Å². The molecule has 14 nitrogen and oxygen atoms in total. The lowest BCUT2D eigenvalue weighted by atomic mass is 10.1. The molecule has 2 saturated heterocycles. The number of nitrogens with zero attached hydrogens (tertiary/aromatic N) is 4. The molecule has 2 aromatic rings. The van der Waals surface area contributed by atoms with Gasteiger partial charge in [0.2, 0.25) is 11.8 Å². The van der Waals surface area contributed by atoms with Crippen molar-refractivity contribution in [2.45, 2.75) is 64.3 Å². The molecular weight excluding hydrogens is 568 g/mol. The number of methoxy groups -OCH3 is 1. The van der Waals surface area contributed by atoms with Crippen LogP contribution < -0.4 is 31.5 Å². The van der Waals surface area contributed by atoms with E-state index in [0.717, 1.165) is 24.9 Å². The SMILES string of the molecule is CCc1nc(C(N)=O)c(Nc2ccc(N3CCN(C(=O)CCCCCC(=O)NO)CC3)c(OC)c2)nc1NC1CCOCC1. The largest absolute Gasteiger partial charge is 0.495 e. The van der Waals surface area contributed by atoms with Gasteiger partial charge in [0.25, 0.3) is 5.91 Å². The fourth-order valence-electron chi connectivity index (χ4n) is 5.43. The van der Waals surface area contributed by atoms with Gasteiger partial charge in [0, 0.05) is 70.0 Å². The van der Waals surface area contributed by atoms with Crippen LogP contribution in [0.4, 0.5) is 23.0 Å². The molecule has 1 aromatic carbocycles. The summed E-state index contributed by atoms with van der Waals surface area (Å²) in [6.45, 7) is 5.83. The van der Waals surface area contributed by atoms with E-state index in [-0.39, 0.29) is 29.9 Å². The number of nitrogens with one attached hydrogen (secondary N) is 3. The van der Waals surface area contributed by atoms with E-state index in [1.165, 1.54) is 0 Å². The lowest BCUT2D eigenvalue weighted by Crippen LogP contribution is -2.48. The first-order chi connectivity index (χ1) is 21.3. The zero-order valence-corrected chi connectivity index (χ0v) is 25.6. The van der Waals surface area contributed by atoms with Crippen molar-refractivity contribution in [1.82, 2.24) is 20.3 Å². The number of unbranched alkanes of at least 4 members (excludes halogenated alkanes) is 2. The number of ether oxygens (including phenoxy) is 2. The number of aromatic nitrogens is 2. The standard InChI is InChI=1S/C30H44N8O6/c1-3-22-29(32-20-11-17-44-18-12-20)35-30(27(34-22)28(31)41)33-21-9-10-23(24(19-21)43-2)37-13-15-38(16-14-37)26(40)8-6-4-5-7-25(39)36-42/h9-10,19-20,42H,3-8,11-18H2,1-2H3,(H2,31,41)(H,36,39)(H2,32,33,35). The van der Waals surface area contributed by atoms with Crippen LogP contribution in [0.2, 0.25) is 0 Å². The Labute approximate surface area is 257 Å². The lowest BCUT2D eigenvalue weighted by molar-refractivity contribution is -0.131. The maximum atomic E-state index is 12.7. The third-order valence-corrected chi connectivity index (χ3v) is 7.93. The van der Waals surface area contributed by atoms with E-state index in [2.05, 4.69) is 20.5 Å². The average Bonchev–Trinajstić information content (AvgIpc) is 3.04. The molecule has 0 bridgehead atoms. The number of rotatable bonds is 14. The van der Waals surface area contributed by atoms with Crippen LogP contribution in [0.15, 0.2) is 18.2 Å². The van der Waals surface area contributed by atoms with Crippen LogP contribution in [0, 0.1) is 0 Å². The van der Waals surface area contributed by atoms with Crippen molar-refractivity contribution in [3.8, 4) is 5.75 Å². The molecule has 6 N–H and O–H groups in total. The highest BCUT2D eigenvalue weighted by atomic mass is 16.5. The molecule has 3 heterocycles. The van der Waals surface area contributed by atoms with Crippen LogP contribution in [0.5, 0.6) is 5.75 Å². The summed E-state index contributed by atoms with van der Waals surface area (Å²) in [7, 11) is 1.60. The minimum absolute atomic E-state index is 0.0684. The highest BCUT2D eigenvalue weighted by Crippen LogP contribution is 2.34. The van der Waals surface area contributed by atoms with Gasteiger partial charge >= 0.3 is 0 Å². The molecule has 0 unspecified atom stereocenters. The van der Waals surface area contributed by atoms with E-state index < -0.39 is 11.8 Å². The Morgan fingerprint density at radius 3 is 2.43 bits per heavy atom. The number of anilines is 4. The van der Waals surface area contributed by atoms with Crippen molar-refractivity contribution in [3.63, 3.8) is 0 Å². The van der Waals surface area contributed by atoms with Crippen LogP contribution in [0.25, 0.3) is 0 Å². The smallest absolute Gasteiger partial charge is 0.271 e. The molecule has 44 heavy (non-hydrogen) atoms. The quantitative estimate of drug-likeness (QED) is 0.120. The zero-order chi connectivity index (χ0) is 31.5. The number of nitrogens with two attached hydrogens (primary N) is 1. The number of piperazine rings is 1. The Kier molecular flexibility index (Phi) is 11.9. The first kappa shape index (κ1) is 32.7. The Bertz CT molecular complexity index is 1290. The van der Waals surface area contributed by atoms with Gasteiger partial charge in [-0.2, -0.15) is 0 Å². The number of hydrogen-bond acceptors (Lipinski definition) is 11. The number of hydroxylamine groups is 1. The van der Waals surface area contributed by atoms with Gasteiger partial charge in [-0.3, -0.25) is 19.6 Å². The Balaban J connectivity index is 1.39. The van der Waals surface area contributed by atoms with Crippen LogP contribution in [-0.4, -0.2) is 90.3 Å². The monoisotopic (exact) mass is 612 g/mol. The molecule has 240 valence electrons. The fraction of sp³-hybridized carbons (Fsp3) is 0.567. The summed E-state index contributed by atoms with van der Waals surface area (Å²) in [5.41, 5.74) is 9.62. The topological polar surface area (TPSA) is 184 Å². The Morgan fingerprint density at radius 2 is 1.77 bits per heavy atom. The third kappa shape index (κ3) is 8.69. The molecular formula is C30H44N8O6. The number of aryl methyl sites for hydroxylation is 1. The molecule has 0 radical (unpaired) electrons. The van der Waals surface area contributed by atoms with Gasteiger partial charge in [0.05, 0.1) is 18.5 Å². The van der Waals surface area contributed by atoms with E-state index in [0.29, 0.717) is 88.0 Å². The molecule has 0 saturated carbocycles. The van der Waals surface area contributed by atoms with Crippen molar-refractivity contribution >= 4 is 40.7 Å². The molecule has 0 spiro atoms. The zero-order valence-electron chi connectivity index (χ0n) is 25.6. The summed E-state index contributed by atoms with van der Waals surface area (Å²) in [6, 6.07) is 5.88. The van der Waals surface area contributed by atoms with Crippen LogP contribution in [0.1, 0.15) is 68.1 Å².